The van der Waals surface area contributed by atoms with Gasteiger partial charge in [0.05, 0.1) is 13.2 Å². The van der Waals surface area contributed by atoms with E-state index in [0.29, 0.717) is 36.6 Å². The molecule has 1 aliphatic carbocycles. The molecule has 8 nitrogen and oxygen atoms in total. The number of ether oxygens (including phenoxy) is 5. The first-order chi connectivity index (χ1) is 14.0. The summed E-state index contributed by atoms with van der Waals surface area (Å²) in [5.41, 5.74) is 1.86. The van der Waals surface area contributed by atoms with Crippen molar-refractivity contribution < 1.29 is 33.6 Å². The quantitative estimate of drug-likeness (QED) is 0.755. The number of aliphatic hydroxyl groups excluding tert-OH is 1. The molecule has 4 aliphatic rings. The van der Waals surface area contributed by atoms with E-state index in [-0.39, 0.29) is 18.3 Å². The summed E-state index contributed by atoms with van der Waals surface area (Å²) in [6, 6.07) is 1.35. The summed E-state index contributed by atoms with van der Waals surface area (Å²) in [6.45, 7) is 0.812. The molecule has 1 aromatic carbocycles. The van der Waals surface area contributed by atoms with Crippen molar-refractivity contribution in [3.63, 3.8) is 0 Å². The molecule has 0 radical (unpaired) electrons. The van der Waals surface area contributed by atoms with Crippen LogP contribution in [-0.4, -0.2) is 49.3 Å². The van der Waals surface area contributed by atoms with E-state index in [1.54, 1.807) is 7.11 Å². The number of hydrogen-bond acceptors (Lipinski definition) is 8. The molecule has 0 amide bonds. The second-order valence-electron chi connectivity index (χ2n) is 8.03. The number of hydrogen-bond donors (Lipinski definition) is 1. The summed E-state index contributed by atoms with van der Waals surface area (Å²) in [5.74, 6) is -0.283. The summed E-state index contributed by atoms with van der Waals surface area (Å²) in [5, 5.41) is 10.8. The highest BCUT2D eigenvalue weighted by molar-refractivity contribution is 5.92. The summed E-state index contributed by atoms with van der Waals surface area (Å²) >= 11 is 0. The third kappa shape index (κ3) is 2.80. The molecule has 3 heterocycles. The fourth-order valence-electron chi connectivity index (χ4n) is 4.88. The molecule has 1 fully saturated rings. The largest absolute Gasteiger partial charge is 0.492 e. The predicted molar refractivity (Wildman–Crippen MR) is 101 cm³/mol. The number of carbonyl (C=O) groups is 1. The van der Waals surface area contributed by atoms with Crippen LogP contribution in [-0.2, 0) is 20.7 Å². The molecule has 3 aliphatic heterocycles. The van der Waals surface area contributed by atoms with Crippen LogP contribution in [0.25, 0.3) is 0 Å². The van der Waals surface area contributed by atoms with Gasteiger partial charge >= 0.3 is 5.97 Å². The predicted octanol–water partition coefficient (Wildman–Crippen LogP) is 2.96. The molecule has 1 spiro atoms. The highest BCUT2D eigenvalue weighted by Gasteiger charge is 2.49. The second kappa shape index (κ2) is 6.73. The van der Waals surface area contributed by atoms with E-state index in [9.17, 15) is 9.90 Å². The van der Waals surface area contributed by atoms with Crippen molar-refractivity contribution >= 4 is 5.97 Å². The van der Waals surface area contributed by atoms with Crippen molar-refractivity contribution in [1.82, 2.24) is 4.90 Å². The average Bonchev–Trinajstić information content (AvgIpc) is 3.16. The number of aliphatic hydroxyl groups is 1. The Bertz CT molecular complexity index is 888. The third-order valence-electron chi connectivity index (χ3n) is 6.30. The lowest BCUT2D eigenvalue weighted by atomic mass is 9.86. The number of esters is 1. The molecule has 0 bridgehead atoms. The summed E-state index contributed by atoms with van der Waals surface area (Å²) in [7, 11) is 3.46. The molecule has 0 unspecified atom stereocenters. The Hall–Kier alpha value is -2.61. The Morgan fingerprint density at radius 3 is 2.72 bits per heavy atom. The Labute approximate surface area is 168 Å². The van der Waals surface area contributed by atoms with Crippen LogP contribution >= 0.6 is 0 Å². The van der Waals surface area contributed by atoms with Crippen LogP contribution < -0.4 is 14.2 Å². The topological polar surface area (TPSA) is 86.7 Å². The average molecular weight is 403 g/mol. The van der Waals surface area contributed by atoms with Gasteiger partial charge in [-0.1, -0.05) is 6.42 Å². The number of fused-ring (bicyclic) bond motifs is 2. The van der Waals surface area contributed by atoms with Crippen molar-refractivity contribution in [3.8, 4) is 17.2 Å². The van der Waals surface area contributed by atoms with E-state index in [1.807, 2.05) is 18.0 Å². The van der Waals surface area contributed by atoms with Crippen molar-refractivity contribution in [3.05, 3.63) is 28.7 Å². The molecule has 0 aromatic heterocycles. The Morgan fingerprint density at radius 2 is 2.00 bits per heavy atom. The number of nitrogens with zero attached hydrogens (tertiary/aromatic N) is 1. The normalized spacial score (nSPS) is 25.4. The van der Waals surface area contributed by atoms with Crippen LogP contribution in [0.2, 0.25) is 0 Å². The lowest BCUT2D eigenvalue weighted by Crippen LogP contribution is -2.47. The molecule has 156 valence electrons. The Balaban J connectivity index is 1.62. The molecular formula is C21H25NO7. The van der Waals surface area contributed by atoms with Gasteiger partial charge in [-0.05, 0) is 37.9 Å². The minimum atomic E-state index is -1.04. The fraction of sp³-hybridized carbons (Fsp3) is 0.571. The minimum Gasteiger partial charge on any atom is -0.492 e. The van der Waals surface area contributed by atoms with Gasteiger partial charge in [-0.3, -0.25) is 4.90 Å². The van der Waals surface area contributed by atoms with E-state index >= 15 is 0 Å². The first-order valence-electron chi connectivity index (χ1n) is 10.1. The first kappa shape index (κ1) is 18.4. The third-order valence-corrected chi connectivity index (χ3v) is 6.30. The zero-order valence-corrected chi connectivity index (χ0v) is 16.7. The van der Waals surface area contributed by atoms with Crippen LogP contribution in [0.5, 0.6) is 17.2 Å². The van der Waals surface area contributed by atoms with Crippen molar-refractivity contribution in [2.24, 2.45) is 0 Å². The van der Waals surface area contributed by atoms with Crippen LogP contribution in [0.1, 0.15) is 49.3 Å². The molecule has 1 saturated carbocycles. The summed E-state index contributed by atoms with van der Waals surface area (Å²) in [6.07, 6.45) is 4.81. The molecular weight excluding hydrogens is 378 g/mol. The fourth-order valence-corrected chi connectivity index (χ4v) is 4.88. The lowest BCUT2D eigenvalue weighted by molar-refractivity contribution is -0.251. The Kier molecular flexibility index (Phi) is 4.27. The molecule has 1 aromatic rings. The van der Waals surface area contributed by atoms with Crippen molar-refractivity contribution in [1.29, 1.82) is 0 Å². The number of rotatable bonds is 2. The maximum absolute atomic E-state index is 13.1. The van der Waals surface area contributed by atoms with Gasteiger partial charge in [0.25, 0.3) is 11.7 Å². The monoisotopic (exact) mass is 403 g/mol. The van der Waals surface area contributed by atoms with Gasteiger partial charge in [0.1, 0.15) is 5.57 Å². The summed E-state index contributed by atoms with van der Waals surface area (Å²) < 4.78 is 28.5. The van der Waals surface area contributed by atoms with Crippen molar-refractivity contribution in [2.75, 3.05) is 27.5 Å². The van der Waals surface area contributed by atoms with E-state index in [0.717, 1.165) is 36.8 Å². The smallest absolute Gasteiger partial charge is 0.346 e. The Morgan fingerprint density at radius 1 is 1.21 bits per heavy atom. The van der Waals surface area contributed by atoms with Gasteiger partial charge < -0.3 is 28.8 Å². The molecule has 1 N–H and O–H groups in total. The van der Waals surface area contributed by atoms with Crippen LogP contribution in [0.4, 0.5) is 0 Å². The SMILES string of the molecule is COc1c2c(cc3c1[C@H](C1=C(O)OC4(CCCCC4)OC1=O)N(C)CC3)OCO2. The van der Waals surface area contributed by atoms with E-state index in [1.165, 1.54) is 0 Å². The number of methoxy groups -OCH3 is 1. The molecule has 0 saturated heterocycles. The molecule has 1 atom stereocenters. The number of likely N-dealkylation sites (N-methyl/N-ethyl adjacent to an activating group) is 1. The molecule has 29 heavy (non-hydrogen) atoms. The van der Waals surface area contributed by atoms with Gasteiger partial charge in [0.2, 0.25) is 12.5 Å². The standard InChI is InChI=1S/C21H25NO7/c1-22-9-6-12-10-13-17(27-11-26-13)18(25-2)14(12)16(22)15-19(23)28-21(29-20(15)24)7-4-3-5-8-21/h10,16,23H,3-9,11H2,1-2H3/t16-/m1/s1. The van der Waals surface area contributed by atoms with Gasteiger partial charge in [0.15, 0.2) is 11.5 Å². The van der Waals surface area contributed by atoms with Gasteiger partial charge in [-0.2, -0.15) is 0 Å². The van der Waals surface area contributed by atoms with E-state index < -0.39 is 17.8 Å². The van der Waals surface area contributed by atoms with Gasteiger partial charge in [-0.25, -0.2) is 4.79 Å². The zero-order chi connectivity index (χ0) is 20.2. The zero-order valence-electron chi connectivity index (χ0n) is 16.7. The maximum Gasteiger partial charge on any atom is 0.346 e. The number of carbonyl (C=O) groups excluding carboxylic acids is 1. The maximum atomic E-state index is 13.1. The summed E-state index contributed by atoms with van der Waals surface area (Å²) in [4.78, 5) is 15.1. The van der Waals surface area contributed by atoms with Crippen LogP contribution in [0.3, 0.4) is 0 Å². The van der Waals surface area contributed by atoms with Crippen LogP contribution in [0.15, 0.2) is 17.6 Å². The molecule has 8 heteroatoms. The van der Waals surface area contributed by atoms with Gasteiger partial charge in [-0.15, -0.1) is 0 Å². The van der Waals surface area contributed by atoms with E-state index in [4.69, 9.17) is 23.7 Å². The van der Waals surface area contributed by atoms with Crippen molar-refractivity contribution in [2.45, 2.75) is 50.4 Å². The lowest BCUT2D eigenvalue weighted by Gasteiger charge is -2.42. The molecule has 5 rings (SSSR count). The highest BCUT2D eigenvalue weighted by Crippen LogP contribution is 2.52. The van der Waals surface area contributed by atoms with Gasteiger partial charge in [0, 0.05) is 24.9 Å². The first-order valence-corrected chi connectivity index (χ1v) is 10.1. The minimum absolute atomic E-state index is 0.0989. The van der Waals surface area contributed by atoms with E-state index in [2.05, 4.69) is 0 Å². The highest BCUT2D eigenvalue weighted by atomic mass is 16.8. The number of benzene rings is 1. The second-order valence-corrected chi connectivity index (χ2v) is 8.03. The van der Waals surface area contributed by atoms with Crippen LogP contribution in [0, 0.1) is 0 Å².